The van der Waals surface area contributed by atoms with E-state index in [1.54, 1.807) is 29.2 Å². The van der Waals surface area contributed by atoms with Crippen molar-refractivity contribution >= 4 is 36.6 Å². The van der Waals surface area contributed by atoms with Crippen molar-refractivity contribution in [3.05, 3.63) is 48.5 Å². The number of nitrogens with zero attached hydrogens (tertiary/aromatic N) is 3. The minimum absolute atomic E-state index is 0. The number of pyridine rings is 1. The molecule has 3 heterocycles. The third-order valence-electron chi connectivity index (χ3n) is 4.42. The van der Waals surface area contributed by atoms with E-state index in [-0.39, 0.29) is 36.6 Å². The highest BCUT2D eigenvalue weighted by atomic mass is 35.5. The summed E-state index contributed by atoms with van der Waals surface area (Å²) in [6.07, 6.45) is 8.01. The van der Waals surface area contributed by atoms with Crippen molar-refractivity contribution < 1.29 is 9.59 Å². The molecule has 1 saturated heterocycles. The van der Waals surface area contributed by atoms with E-state index in [0.29, 0.717) is 31.5 Å². The zero-order chi connectivity index (χ0) is 17.5. The van der Waals surface area contributed by atoms with Crippen molar-refractivity contribution in [3.8, 4) is 0 Å². The molecule has 2 aromatic rings. The second-order valence-electron chi connectivity index (χ2n) is 5.99. The smallest absolute Gasteiger partial charge is 0.252 e. The first-order valence-corrected chi connectivity index (χ1v) is 8.40. The van der Waals surface area contributed by atoms with Gasteiger partial charge < -0.3 is 16.0 Å². The van der Waals surface area contributed by atoms with Gasteiger partial charge in [0.05, 0.1) is 5.56 Å². The summed E-state index contributed by atoms with van der Waals surface area (Å²) in [5, 5.41) is 13.3. The van der Waals surface area contributed by atoms with Crippen LogP contribution in [0.15, 0.2) is 43.0 Å². The first-order valence-electron chi connectivity index (χ1n) is 8.40. The Hall–Kier alpha value is -2.16. The molecular formula is C17H24Cl2N6O2. The molecule has 3 N–H and O–H groups in total. The fourth-order valence-electron chi connectivity index (χ4n) is 3.04. The predicted octanol–water partition coefficient (Wildman–Crippen LogP) is 0.747. The maximum Gasteiger partial charge on any atom is 0.252 e. The highest BCUT2D eigenvalue weighted by Gasteiger charge is 2.41. The van der Waals surface area contributed by atoms with Crippen molar-refractivity contribution in [2.24, 2.45) is 0 Å². The summed E-state index contributed by atoms with van der Waals surface area (Å²) in [6, 6.07) is 5.23. The van der Waals surface area contributed by atoms with Crippen LogP contribution in [0.5, 0.6) is 0 Å². The van der Waals surface area contributed by atoms with Gasteiger partial charge in [0.2, 0.25) is 5.91 Å². The number of amides is 2. The Labute approximate surface area is 170 Å². The molecule has 0 atom stereocenters. The third kappa shape index (κ3) is 5.41. The van der Waals surface area contributed by atoms with Crippen LogP contribution in [0.3, 0.4) is 0 Å². The van der Waals surface area contributed by atoms with Gasteiger partial charge in [-0.15, -0.1) is 24.8 Å². The van der Waals surface area contributed by atoms with E-state index in [4.69, 9.17) is 0 Å². The molecule has 0 unspecified atom stereocenters. The lowest BCUT2D eigenvalue weighted by Gasteiger charge is -2.36. The number of piperidine rings is 1. The molecule has 0 spiro atoms. The van der Waals surface area contributed by atoms with Crippen molar-refractivity contribution in [1.82, 2.24) is 30.7 Å². The largest absolute Gasteiger partial charge is 0.352 e. The molecule has 0 aliphatic carbocycles. The highest BCUT2D eigenvalue weighted by Crippen LogP contribution is 2.26. The average Bonchev–Trinajstić information content (AvgIpc) is 3.21. The molecular weight excluding hydrogens is 391 g/mol. The Bertz CT molecular complexity index is 705. The first-order chi connectivity index (χ1) is 12.2. The molecule has 3 rings (SSSR count). The Morgan fingerprint density at radius 1 is 1.11 bits per heavy atom. The second-order valence-corrected chi connectivity index (χ2v) is 5.99. The second kappa shape index (κ2) is 10.9. The van der Waals surface area contributed by atoms with E-state index in [1.807, 2.05) is 12.3 Å². The van der Waals surface area contributed by atoms with Gasteiger partial charge in [0.25, 0.3) is 5.91 Å². The maximum absolute atomic E-state index is 12.8. The molecule has 0 bridgehead atoms. The minimum Gasteiger partial charge on any atom is -0.352 e. The summed E-state index contributed by atoms with van der Waals surface area (Å²) in [7, 11) is 0. The summed E-state index contributed by atoms with van der Waals surface area (Å²) in [4.78, 5) is 28.7. The molecule has 2 amide bonds. The van der Waals surface area contributed by atoms with E-state index in [9.17, 15) is 9.59 Å². The third-order valence-corrected chi connectivity index (χ3v) is 4.42. The molecule has 1 aliphatic heterocycles. The molecule has 1 aliphatic rings. The molecule has 27 heavy (non-hydrogen) atoms. The first kappa shape index (κ1) is 22.9. The van der Waals surface area contributed by atoms with Crippen molar-refractivity contribution in [3.63, 3.8) is 0 Å². The molecule has 0 saturated carbocycles. The van der Waals surface area contributed by atoms with Gasteiger partial charge in [-0.05, 0) is 44.1 Å². The van der Waals surface area contributed by atoms with E-state index in [2.05, 4.69) is 26.0 Å². The molecule has 148 valence electrons. The number of rotatable bonds is 6. The van der Waals surface area contributed by atoms with Crippen molar-refractivity contribution in [2.75, 3.05) is 26.2 Å². The lowest BCUT2D eigenvalue weighted by molar-refractivity contribution is -0.131. The zero-order valence-electron chi connectivity index (χ0n) is 14.8. The van der Waals surface area contributed by atoms with E-state index in [0.717, 1.165) is 13.1 Å². The number of nitrogens with one attached hydrogen (secondary N) is 3. The molecule has 0 radical (unpaired) electrons. The lowest BCUT2D eigenvalue weighted by Crippen LogP contribution is -2.55. The topological polar surface area (TPSA) is 101 Å². The lowest BCUT2D eigenvalue weighted by atomic mass is 9.87. The number of aromatic nitrogens is 3. The Balaban J connectivity index is 0.00000182. The normalized spacial score (nSPS) is 15.0. The van der Waals surface area contributed by atoms with Crippen molar-refractivity contribution in [1.29, 1.82) is 0 Å². The van der Waals surface area contributed by atoms with Crippen LogP contribution in [0.1, 0.15) is 23.2 Å². The van der Waals surface area contributed by atoms with E-state index >= 15 is 0 Å². The zero-order valence-corrected chi connectivity index (χ0v) is 16.4. The number of carbonyl (C=O) groups is 2. The van der Waals surface area contributed by atoms with Gasteiger partial charge in [-0.3, -0.25) is 19.3 Å². The van der Waals surface area contributed by atoms with E-state index < -0.39 is 5.54 Å². The van der Waals surface area contributed by atoms with Gasteiger partial charge >= 0.3 is 0 Å². The van der Waals surface area contributed by atoms with Gasteiger partial charge in [0.1, 0.15) is 5.54 Å². The van der Waals surface area contributed by atoms with Gasteiger partial charge in [0.15, 0.2) is 0 Å². The van der Waals surface area contributed by atoms with Crippen LogP contribution >= 0.6 is 24.8 Å². The van der Waals surface area contributed by atoms with E-state index in [1.165, 1.54) is 6.20 Å². The van der Waals surface area contributed by atoms with Gasteiger partial charge in [-0.2, -0.15) is 5.10 Å². The summed E-state index contributed by atoms with van der Waals surface area (Å²) >= 11 is 0. The van der Waals surface area contributed by atoms with Crippen LogP contribution in [0.25, 0.3) is 0 Å². The Kier molecular flexibility index (Phi) is 9.20. The fraction of sp³-hybridized carbons (Fsp3) is 0.412. The van der Waals surface area contributed by atoms with Gasteiger partial charge in [-0.1, -0.05) is 0 Å². The fourth-order valence-corrected chi connectivity index (χ4v) is 3.04. The SMILES string of the molecule is Cl.Cl.O=C(NCCNC(=O)C1(n2cccn2)CCNCC1)c1cccnc1. The Morgan fingerprint density at radius 3 is 2.48 bits per heavy atom. The summed E-state index contributed by atoms with van der Waals surface area (Å²) in [5.41, 5.74) is -0.164. The van der Waals surface area contributed by atoms with Crippen LogP contribution in [0.2, 0.25) is 0 Å². The minimum atomic E-state index is -0.665. The average molecular weight is 415 g/mol. The molecule has 8 nitrogen and oxygen atoms in total. The number of hydrogen-bond donors (Lipinski definition) is 3. The molecule has 2 aromatic heterocycles. The van der Waals surface area contributed by atoms with Crippen LogP contribution in [0, 0.1) is 0 Å². The number of hydrogen-bond acceptors (Lipinski definition) is 5. The summed E-state index contributed by atoms with van der Waals surface area (Å²) < 4.78 is 1.75. The quantitative estimate of drug-likeness (QED) is 0.605. The van der Waals surface area contributed by atoms with Crippen LogP contribution < -0.4 is 16.0 Å². The summed E-state index contributed by atoms with van der Waals surface area (Å²) in [5.74, 6) is -0.265. The number of halogens is 2. The van der Waals surface area contributed by atoms with Crippen molar-refractivity contribution in [2.45, 2.75) is 18.4 Å². The standard InChI is InChI=1S/C17H22N6O2.2ClH/c24-15(14-3-1-6-19-13-14)20-10-11-21-16(25)17(4-8-18-9-5-17)23-12-2-7-22-23;;/h1-3,6-7,12-13,18H,4-5,8-11H2,(H,20,24)(H,21,25);2*1H. The van der Waals surface area contributed by atoms with Gasteiger partial charge in [-0.25, -0.2) is 0 Å². The molecule has 0 aromatic carbocycles. The Morgan fingerprint density at radius 2 is 1.85 bits per heavy atom. The number of carbonyl (C=O) groups excluding carboxylic acids is 2. The van der Waals surface area contributed by atoms with Gasteiger partial charge in [0, 0.05) is 37.9 Å². The molecule has 10 heteroatoms. The van der Waals surface area contributed by atoms with Crippen LogP contribution in [-0.4, -0.2) is 52.8 Å². The maximum atomic E-state index is 12.8. The monoisotopic (exact) mass is 414 g/mol. The predicted molar refractivity (Wildman–Crippen MR) is 106 cm³/mol. The molecule has 1 fully saturated rings. The van der Waals surface area contributed by atoms with Crippen LogP contribution in [0.4, 0.5) is 0 Å². The van der Waals surface area contributed by atoms with Crippen LogP contribution in [-0.2, 0) is 10.3 Å². The highest BCUT2D eigenvalue weighted by molar-refractivity contribution is 5.93. The summed E-state index contributed by atoms with van der Waals surface area (Å²) in [6.45, 7) is 2.25.